The summed E-state index contributed by atoms with van der Waals surface area (Å²) in [5.74, 6) is 0.595. The zero-order valence-corrected chi connectivity index (χ0v) is 13.9. The maximum Gasteiger partial charge on any atom is 0.0710 e. The first kappa shape index (κ1) is 16.5. The van der Waals surface area contributed by atoms with Gasteiger partial charge in [-0.15, -0.1) is 0 Å². The minimum Gasteiger partial charge on any atom is -0.380 e. The molecule has 1 saturated heterocycles. The summed E-state index contributed by atoms with van der Waals surface area (Å²) in [4.78, 5) is 2.51. The molecule has 2 atom stereocenters. The first-order valence-electron chi connectivity index (χ1n) is 8.22. The molecule has 0 saturated carbocycles. The lowest BCUT2D eigenvalue weighted by Crippen LogP contribution is -2.34. The highest BCUT2D eigenvalue weighted by molar-refractivity contribution is 5.27. The van der Waals surface area contributed by atoms with Crippen molar-refractivity contribution in [1.82, 2.24) is 10.2 Å². The number of nitrogens with zero attached hydrogens (tertiary/aromatic N) is 1. The molecule has 0 spiro atoms. The van der Waals surface area contributed by atoms with Crippen molar-refractivity contribution >= 4 is 0 Å². The highest BCUT2D eigenvalue weighted by Crippen LogP contribution is 2.21. The van der Waals surface area contributed by atoms with E-state index in [9.17, 15) is 0 Å². The Bertz CT molecular complexity index is 416. The van der Waals surface area contributed by atoms with Gasteiger partial charge in [0.1, 0.15) is 0 Å². The van der Waals surface area contributed by atoms with Crippen LogP contribution in [0.25, 0.3) is 0 Å². The van der Waals surface area contributed by atoms with E-state index in [1.165, 1.54) is 11.1 Å². The van der Waals surface area contributed by atoms with Crippen LogP contribution in [-0.4, -0.2) is 44.3 Å². The van der Waals surface area contributed by atoms with Crippen molar-refractivity contribution in [3.05, 3.63) is 35.4 Å². The minimum atomic E-state index is 0.409. The fraction of sp³-hybridized carbons (Fsp3) is 0.667. The minimum absolute atomic E-state index is 0.409. The predicted octanol–water partition coefficient (Wildman–Crippen LogP) is 3.18. The molecule has 1 N–H and O–H groups in total. The molecule has 0 radical (unpaired) electrons. The number of benzene rings is 1. The van der Waals surface area contributed by atoms with Crippen LogP contribution in [0.1, 0.15) is 50.3 Å². The lowest BCUT2D eigenvalue weighted by molar-refractivity contribution is 0.106. The van der Waals surface area contributed by atoms with E-state index < -0.39 is 0 Å². The maximum atomic E-state index is 5.47. The average Bonchev–Trinajstić information content (AvgIpc) is 2.94. The fourth-order valence-corrected chi connectivity index (χ4v) is 3.06. The summed E-state index contributed by atoms with van der Waals surface area (Å²) in [6, 6.07) is 9.52. The van der Waals surface area contributed by atoms with E-state index in [4.69, 9.17) is 4.74 Å². The van der Waals surface area contributed by atoms with Crippen molar-refractivity contribution < 1.29 is 4.74 Å². The van der Waals surface area contributed by atoms with Gasteiger partial charge in [-0.3, -0.25) is 4.90 Å². The maximum absolute atomic E-state index is 5.47. The van der Waals surface area contributed by atoms with Crippen LogP contribution in [0.4, 0.5) is 0 Å². The number of rotatable bonds is 7. The third kappa shape index (κ3) is 4.53. The van der Waals surface area contributed by atoms with Gasteiger partial charge in [0.2, 0.25) is 0 Å². The molecule has 0 amide bonds. The molecule has 0 bridgehead atoms. The van der Waals surface area contributed by atoms with E-state index in [1.54, 1.807) is 0 Å². The summed E-state index contributed by atoms with van der Waals surface area (Å²) in [6.45, 7) is 10.9. The molecule has 21 heavy (non-hydrogen) atoms. The Balaban J connectivity index is 2.01. The monoisotopic (exact) mass is 290 g/mol. The molecule has 2 rings (SSSR count). The molecule has 1 heterocycles. The summed E-state index contributed by atoms with van der Waals surface area (Å²) >= 11 is 0. The van der Waals surface area contributed by atoms with Gasteiger partial charge < -0.3 is 10.1 Å². The third-order valence-electron chi connectivity index (χ3n) is 4.46. The molecule has 2 unspecified atom stereocenters. The Morgan fingerprint density at radius 1 is 1.24 bits per heavy atom. The van der Waals surface area contributed by atoms with Crippen LogP contribution < -0.4 is 5.32 Å². The summed E-state index contributed by atoms with van der Waals surface area (Å²) in [5, 5.41) is 3.62. The van der Waals surface area contributed by atoms with Crippen LogP contribution in [-0.2, 0) is 4.74 Å². The Labute approximate surface area is 129 Å². The van der Waals surface area contributed by atoms with Gasteiger partial charge in [0, 0.05) is 32.8 Å². The Hall–Kier alpha value is -0.900. The van der Waals surface area contributed by atoms with Crippen LogP contribution in [0, 0.1) is 0 Å². The smallest absolute Gasteiger partial charge is 0.0710 e. The molecular weight excluding hydrogens is 260 g/mol. The molecule has 0 aliphatic carbocycles. The topological polar surface area (TPSA) is 24.5 Å². The van der Waals surface area contributed by atoms with Gasteiger partial charge >= 0.3 is 0 Å². The average molecular weight is 290 g/mol. The van der Waals surface area contributed by atoms with Gasteiger partial charge in [-0.25, -0.2) is 0 Å². The summed E-state index contributed by atoms with van der Waals surface area (Å²) in [5.41, 5.74) is 2.80. The van der Waals surface area contributed by atoms with Crippen LogP contribution in [0.3, 0.4) is 0 Å². The first-order chi connectivity index (χ1) is 10.1. The molecule has 118 valence electrons. The number of nitrogens with one attached hydrogen (secondary N) is 1. The van der Waals surface area contributed by atoms with Crippen molar-refractivity contribution in [3.8, 4) is 0 Å². The van der Waals surface area contributed by atoms with Crippen LogP contribution in [0.2, 0.25) is 0 Å². The van der Waals surface area contributed by atoms with Crippen molar-refractivity contribution in [3.63, 3.8) is 0 Å². The van der Waals surface area contributed by atoms with Gasteiger partial charge in [-0.05, 0) is 30.0 Å². The number of likely N-dealkylation sites (tertiary alicyclic amines) is 1. The van der Waals surface area contributed by atoms with Gasteiger partial charge in [-0.2, -0.15) is 0 Å². The van der Waals surface area contributed by atoms with Crippen LogP contribution >= 0.6 is 0 Å². The van der Waals surface area contributed by atoms with Gasteiger partial charge in [0.25, 0.3) is 0 Å². The molecule has 1 aliphatic heterocycles. The van der Waals surface area contributed by atoms with Crippen LogP contribution in [0.15, 0.2) is 24.3 Å². The molecule has 3 nitrogen and oxygen atoms in total. The van der Waals surface area contributed by atoms with Crippen LogP contribution in [0.5, 0.6) is 0 Å². The predicted molar refractivity (Wildman–Crippen MR) is 88.8 cm³/mol. The van der Waals surface area contributed by atoms with E-state index in [2.05, 4.69) is 55.3 Å². The summed E-state index contributed by atoms with van der Waals surface area (Å²) in [6.07, 6.45) is 1.57. The molecule has 3 heteroatoms. The highest BCUT2D eigenvalue weighted by atomic mass is 16.5. The molecule has 1 aliphatic rings. The van der Waals surface area contributed by atoms with Gasteiger partial charge in [0.15, 0.2) is 0 Å². The molecule has 1 aromatic carbocycles. The largest absolute Gasteiger partial charge is 0.380 e. The Kier molecular flexibility index (Phi) is 6.22. The van der Waals surface area contributed by atoms with Crippen molar-refractivity contribution in [2.75, 3.05) is 33.3 Å². The van der Waals surface area contributed by atoms with E-state index in [1.807, 2.05) is 7.11 Å². The second-order valence-corrected chi connectivity index (χ2v) is 6.34. The zero-order chi connectivity index (χ0) is 15.2. The SMILES string of the molecule is CCNC(CN1CCC(OC)C1)c1ccc(C(C)C)cc1. The van der Waals surface area contributed by atoms with E-state index in [0.29, 0.717) is 18.1 Å². The molecule has 1 aromatic rings. The number of hydrogen-bond acceptors (Lipinski definition) is 3. The summed E-state index contributed by atoms with van der Waals surface area (Å²) < 4.78 is 5.47. The lowest BCUT2D eigenvalue weighted by Gasteiger charge is -2.25. The third-order valence-corrected chi connectivity index (χ3v) is 4.46. The van der Waals surface area contributed by atoms with E-state index in [-0.39, 0.29) is 0 Å². The van der Waals surface area contributed by atoms with E-state index in [0.717, 1.165) is 32.6 Å². The standard InChI is InChI=1S/C18H30N2O/c1-5-19-18(13-20-11-10-17(12-20)21-4)16-8-6-15(7-9-16)14(2)3/h6-9,14,17-19H,5,10-13H2,1-4H3. The fourth-order valence-electron chi connectivity index (χ4n) is 3.06. The number of ether oxygens (including phenoxy) is 1. The van der Waals surface area contributed by atoms with Gasteiger partial charge in [0.05, 0.1) is 6.10 Å². The molecular formula is C18H30N2O. The quantitative estimate of drug-likeness (QED) is 0.834. The number of methoxy groups -OCH3 is 1. The lowest BCUT2D eigenvalue weighted by atomic mass is 9.99. The van der Waals surface area contributed by atoms with Crippen molar-refractivity contribution in [2.24, 2.45) is 0 Å². The van der Waals surface area contributed by atoms with E-state index >= 15 is 0 Å². The molecule has 1 fully saturated rings. The second kappa shape index (κ2) is 7.92. The highest BCUT2D eigenvalue weighted by Gasteiger charge is 2.24. The summed E-state index contributed by atoms with van der Waals surface area (Å²) in [7, 11) is 1.82. The first-order valence-corrected chi connectivity index (χ1v) is 8.22. The number of likely N-dealkylation sites (N-methyl/N-ethyl adjacent to an activating group) is 1. The Morgan fingerprint density at radius 2 is 1.90 bits per heavy atom. The number of hydrogen-bond donors (Lipinski definition) is 1. The normalized spacial score (nSPS) is 21.1. The molecule has 0 aromatic heterocycles. The Morgan fingerprint density at radius 3 is 2.43 bits per heavy atom. The second-order valence-electron chi connectivity index (χ2n) is 6.34. The van der Waals surface area contributed by atoms with Crippen molar-refractivity contribution in [2.45, 2.75) is 45.3 Å². The van der Waals surface area contributed by atoms with Gasteiger partial charge in [-0.1, -0.05) is 45.0 Å². The van der Waals surface area contributed by atoms with Crippen molar-refractivity contribution in [1.29, 1.82) is 0 Å². The zero-order valence-electron chi connectivity index (χ0n) is 13.9.